The second kappa shape index (κ2) is 5.54. The lowest BCUT2D eigenvalue weighted by Crippen LogP contribution is -2.14. The van der Waals surface area contributed by atoms with Crippen LogP contribution in [-0.2, 0) is 17.1 Å². The molecule has 3 rings (SSSR count). The first kappa shape index (κ1) is 15.8. The molecule has 0 fully saturated rings. The zero-order chi connectivity index (χ0) is 16.8. The Morgan fingerprint density at radius 3 is 2.61 bits per heavy atom. The largest absolute Gasteiger partial charge is 0.419 e. The number of hydrogen-bond acceptors (Lipinski definition) is 4. The summed E-state index contributed by atoms with van der Waals surface area (Å²) in [5.74, 6) is -0.497. The van der Waals surface area contributed by atoms with Gasteiger partial charge in [-0.05, 0) is 42.8 Å². The molecule has 2 aromatic carbocycles. The van der Waals surface area contributed by atoms with Crippen molar-refractivity contribution in [3.8, 4) is 0 Å². The molecule has 0 amide bonds. The Balaban J connectivity index is 2.01. The van der Waals surface area contributed by atoms with Crippen molar-refractivity contribution in [2.24, 2.45) is 7.05 Å². The summed E-state index contributed by atoms with van der Waals surface area (Å²) < 4.78 is 34.8. The van der Waals surface area contributed by atoms with E-state index >= 15 is 0 Å². The van der Waals surface area contributed by atoms with E-state index in [2.05, 4.69) is 20.7 Å². The van der Waals surface area contributed by atoms with Crippen molar-refractivity contribution in [2.45, 2.75) is 11.8 Å². The summed E-state index contributed by atoms with van der Waals surface area (Å²) >= 11 is 3.31. The molecule has 8 heteroatoms. The third-order valence-corrected chi connectivity index (χ3v) is 5.51. The highest BCUT2D eigenvalue weighted by Crippen LogP contribution is 2.24. The number of hydrogen-bond donors (Lipinski definition) is 1. The smallest absolute Gasteiger partial charge is 0.408 e. The molecule has 23 heavy (non-hydrogen) atoms. The number of nitrogens with one attached hydrogen (secondary N) is 1. The summed E-state index contributed by atoms with van der Waals surface area (Å²) in [5, 5.41) is 0. The first-order valence-corrected chi connectivity index (χ1v) is 8.94. The number of nitrogens with zero attached hydrogens (tertiary/aromatic N) is 1. The predicted octanol–water partition coefficient (Wildman–Crippen LogP) is 3.00. The molecule has 0 bridgehead atoms. The molecular weight excluding hydrogens is 384 g/mol. The first-order valence-electron chi connectivity index (χ1n) is 6.66. The number of aromatic nitrogens is 1. The lowest BCUT2D eigenvalue weighted by molar-refractivity contribution is 0.528. The van der Waals surface area contributed by atoms with Crippen LogP contribution in [0.15, 0.2) is 55.0 Å². The average Bonchev–Trinajstić information content (AvgIpc) is 2.72. The third-order valence-electron chi connectivity index (χ3n) is 3.47. The second-order valence-corrected chi connectivity index (χ2v) is 7.69. The lowest BCUT2D eigenvalue weighted by atomic mass is 10.2. The molecule has 0 radical (unpaired) electrons. The summed E-state index contributed by atoms with van der Waals surface area (Å²) in [7, 11) is -2.14. The van der Waals surface area contributed by atoms with Crippen molar-refractivity contribution < 1.29 is 12.8 Å². The molecule has 0 spiro atoms. The van der Waals surface area contributed by atoms with Crippen LogP contribution in [0.5, 0.6) is 0 Å². The Kier molecular flexibility index (Phi) is 3.81. The highest BCUT2D eigenvalue weighted by atomic mass is 79.9. The topological polar surface area (TPSA) is 81.3 Å². The van der Waals surface area contributed by atoms with Crippen LogP contribution in [0.4, 0.5) is 5.69 Å². The fraction of sp³-hybridized carbons (Fsp3) is 0.133. The summed E-state index contributed by atoms with van der Waals surface area (Å²) in [6, 6.07) is 9.63. The van der Waals surface area contributed by atoms with E-state index in [9.17, 15) is 13.2 Å². The number of sulfonamides is 1. The summed E-state index contributed by atoms with van der Waals surface area (Å²) in [5.41, 5.74) is 1.87. The van der Waals surface area contributed by atoms with Gasteiger partial charge in [-0.3, -0.25) is 9.29 Å². The molecule has 0 unspecified atom stereocenters. The van der Waals surface area contributed by atoms with Gasteiger partial charge in [0.25, 0.3) is 10.0 Å². The van der Waals surface area contributed by atoms with Gasteiger partial charge in [0.05, 0.1) is 16.1 Å². The minimum Gasteiger partial charge on any atom is -0.408 e. The van der Waals surface area contributed by atoms with Crippen molar-refractivity contribution in [1.29, 1.82) is 0 Å². The molecule has 0 atom stereocenters. The van der Waals surface area contributed by atoms with Gasteiger partial charge in [0, 0.05) is 17.6 Å². The van der Waals surface area contributed by atoms with Crippen LogP contribution in [0.1, 0.15) is 5.56 Å². The Morgan fingerprint density at radius 1 is 1.17 bits per heavy atom. The number of oxazole rings is 1. The van der Waals surface area contributed by atoms with Gasteiger partial charge in [-0.1, -0.05) is 15.9 Å². The quantitative estimate of drug-likeness (QED) is 0.737. The molecule has 3 aromatic rings. The number of fused-ring (bicyclic) bond motifs is 1. The summed E-state index contributed by atoms with van der Waals surface area (Å²) in [6.45, 7) is 1.72. The van der Waals surface area contributed by atoms with Gasteiger partial charge in [-0.15, -0.1) is 0 Å². The van der Waals surface area contributed by atoms with E-state index in [1.54, 1.807) is 38.2 Å². The molecule has 0 aliphatic carbocycles. The number of anilines is 1. The van der Waals surface area contributed by atoms with E-state index in [0.717, 1.165) is 4.47 Å². The summed E-state index contributed by atoms with van der Waals surface area (Å²) in [4.78, 5) is 11.7. The van der Waals surface area contributed by atoms with Gasteiger partial charge in [0.1, 0.15) is 0 Å². The monoisotopic (exact) mass is 396 g/mol. The van der Waals surface area contributed by atoms with Crippen LogP contribution in [-0.4, -0.2) is 13.0 Å². The average molecular weight is 397 g/mol. The second-order valence-electron chi connectivity index (χ2n) is 5.12. The van der Waals surface area contributed by atoms with Gasteiger partial charge < -0.3 is 4.42 Å². The predicted molar refractivity (Wildman–Crippen MR) is 91.1 cm³/mol. The lowest BCUT2D eigenvalue weighted by Gasteiger charge is -2.10. The highest BCUT2D eigenvalue weighted by Gasteiger charge is 2.18. The Hall–Kier alpha value is -2.06. The van der Waals surface area contributed by atoms with Gasteiger partial charge in [-0.2, -0.15) is 0 Å². The van der Waals surface area contributed by atoms with Crippen molar-refractivity contribution in [3.05, 3.63) is 57.0 Å². The van der Waals surface area contributed by atoms with E-state index < -0.39 is 15.8 Å². The number of halogens is 1. The maximum atomic E-state index is 12.5. The van der Waals surface area contributed by atoms with Crippen molar-refractivity contribution in [2.75, 3.05) is 4.72 Å². The van der Waals surface area contributed by atoms with Crippen LogP contribution in [0.3, 0.4) is 0 Å². The Bertz CT molecular complexity index is 1070. The van der Waals surface area contributed by atoms with E-state index in [-0.39, 0.29) is 4.90 Å². The van der Waals surface area contributed by atoms with Crippen molar-refractivity contribution in [3.63, 3.8) is 0 Å². The van der Waals surface area contributed by atoms with E-state index in [1.165, 1.54) is 16.7 Å². The van der Waals surface area contributed by atoms with E-state index in [0.29, 0.717) is 22.4 Å². The Labute approximate surface area is 140 Å². The number of benzene rings is 2. The molecule has 6 nitrogen and oxygen atoms in total. The molecule has 1 heterocycles. The van der Waals surface area contributed by atoms with Crippen molar-refractivity contribution >= 4 is 42.7 Å². The van der Waals surface area contributed by atoms with Gasteiger partial charge in [-0.25, -0.2) is 13.2 Å². The van der Waals surface area contributed by atoms with Crippen LogP contribution < -0.4 is 10.5 Å². The highest BCUT2D eigenvalue weighted by molar-refractivity contribution is 9.10. The molecule has 120 valence electrons. The van der Waals surface area contributed by atoms with Crippen molar-refractivity contribution in [1.82, 2.24) is 4.57 Å². The molecular formula is C15H13BrN2O4S. The normalized spacial score (nSPS) is 11.8. The van der Waals surface area contributed by atoms with Crippen LogP contribution in [0, 0.1) is 6.92 Å². The van der Waals surface area contributed by atoms with Gasteiger partial charge >= 0.3 is 5.76 Å². The van der Waals surface area contributed by atoms with E-state index in [1.807, 2.05) is 0 Å². The standard InChI is InChI=1S/C15H13BrN2O4S/c1-9-7-10(16)3-6-14(9)23(20,21)17-11-4-5-12-13(8-11)22-15(19)18(12)2/h3-8,17H,1-2H3. The van der Waals surface area contributed by atoms with E-state index in [4.69, 9.17) is 4.42 Å². The van der Waals surface area contributed by atoms with Crippen LogP contribution in [0.25, 0.3) is 11.1 Å². The van der Waals surface area contributed by atoms with Crippen LogP contribution in [0.2, 0.25) is 0 Å². The maximum Gasteiger partial charge on any atom is 0.419 e. The summed E-state index contributed by atoms with van der Waals surface area (Å²) in [6.07, 6.45) is 0. The van der Waals surface area contributed by atoms with Gasteiger partial charge in [0.15, 0.2) is 5.58 Å². The molecule has 1 aromatic heterocycles. The first-order chi connectivity index (χ1) is 10.8. The Morgan fingerprint density at radius 2 is 1.91 bits per heavy atom. The maximum absolute atomic E-state index is 12.5. The zero-order valence-corrected chi connectivity index (χ0v) is 14.7. The van der Waals surface area contributed by atoms with Gasteiger partial charge in [0.2, 0.25) is 0 Å². The third kappa shape index (κ3) is 2.91. The SMILES string of the molecule is Cc1cc(Br)ccc1S(=O)(=O)Nc1ccc2c(c1)oc(=O)n2C. The number of rotatable bonds is 3. The molecule has 0 aliphatic heterocycles. The van der Waals surface area contributed by atoms with Crippen LogP contribution >= 0.6 is 15.9 Å². The minimum absolute atomic E-state index is 0.190. The number of aryl methyl sites for hydroxylation is 2. The molecule has 0 aliphatic rings. The fourth-order valence-corrected chi connectivity index (χ4v) is 4.07. The molecule has 1 N–H and O–H groups in total. The minimum atomic E-state index is -3.73. The zero-order valence-electron chi connectivity index (χ0n) is 12.3. The fourth-order valence-electron chi connectivity index (χ4n) is 2.32. The molecule has 0 saturated heterocycles. The molecule has 0 saturated carbocycles.